The number of rotatable bonds is 3. The van der Waals surface area contributed by atoms with E-state index in [-0.39, 0.29) is 29.5 Å². The Bertz CT molecular complexity index is 493. The molecule has 19 heavy (non-hydrogen) atoms. The molecule has 0 heterocycles. The third-order valence-electron chi connectivity index (χ3n) is 3.20. The molecule has 7 heteroatoms. The zero-order valence-corrected chi connectivity index (χ0v) is 11.6. The van der Waals surface area contributed by atoms with E-state index in [1.165, 1.54) is 0 Å². The number of halogens is 4. The van der Waals surface area contributed by atoms with E-state index in [0.29, 0.717) is 0 Å². The Hall–Kier alpha value is -0.910. The lowest BCUT2D eigenvalue weighted by Crippen LogP contribution is -2.55. The summed E-state index contributed by atoms with van der Waals surface area (Å²) in [6, 6.07) is 1.57. The summed E-state index contributed by atoms with van der Waals surface area (Å²) in [6.07, 6.45) is 2.67. The van der Waals surface area contributed by atoms with Crippen molar-refractivity contribution in [3.05, 3.63) is 34.4 Å². The summed E-state index contributed by atoms with van der Waals surface area (Å²) in [5.74, 6) is -2.35. The maximum absolute atomic E-state index is 13.5. The SMILES string of the molecule is Cl.NC1(CNC(=O)c2cc(F)c(Cl)cc2F)CCC1. The van der Waals surface area contributed by atoms with Crippen LogP contribution in [0, 0.1) is 11.6 Å². The van der Waals surface area contributed by atoms with Gasteiger partial charge in [-0.05, 0) is 31.4 Å². The number of amides is 1. The lowest BCUT2D eigenvalue weighted by molar-refractivity contribution is 0.0925. The molecule has 0 aliphatic heterocycles. The molecule has 0 spiro atoms. The molecule has 1 amide bonds. The number of nitrogens with two attached hydrogens (primary N) is 1. The molecule has 3 N–H and O–H groups in total. The van der Waals surface area contributed by atoms with Crippen LogP contribution in [0.3, 0.4) is 0 Å². The first-order valence-electron chi connectivity index (χ1n) is 5.63. The van der Waals surface area contributed by atoms with Crippen LogP contribution in [-0.4, -0.2) is 18.0 Å². The van der Waals surface area contributed by atoms with Gasteiger partial charge in [-0.1, -0.05) is 11.6 Å². The number of nitrogens with one attached hydrogen (secondary N) is 1. The maximum Gasteiger partial charge on any atom is 0.254 e. The fourth-order valence-corrected chi connectivity index (χ4v) is 2.01. The van der Waals surface area contributed by atoms with Crippen molar-refractivity contribution in [2.75, 3.05) is 6.54 Å². The van der Waals surface area contributed by atoms with Crippen molar-refractivity contribution in [2.45, 2.75) is 24.8 Å². The molecular weight excluding hydrogens is 297 g/mol. The normalized spacial score (nSPS) is 16.2. The lowest BCUT2D eigenvalue weighted by Gasteiger charge is -2.38. The van der Waals surface area contributed by atoms with Crippen LogP contribution in [0.15, 0.2) is 12.1 Å². The van der Waals surface area contributed by atoms with Crippen molar-refractivity contribution < 1.29 is 13.6 Å². The van der Waals surface area contributed by atoms with Gasteiger partial charge in [0.05, 0.1) is 10.6 Å². The standard InChI is InChI=1S/C12H13ClF2N2O.ClH/c13-8-5-9(14)7(4-10(8)15)11(18)17-6-12(16)2-1-3-12;/h4-5H,1-3,6,16H2,(H,17,18);1H. The Kier molecular flexibility index (Phi) is 5.12. The number of carbonyl (C=O) groups excluding carboxylic acids is 1. The molecular formula is C12H14Cl2F2N2O. The third kappa shape index (κ3) is 3.55. The van der Waals surface area contributed by atoms with Crippen molar-refractivity contribution in [1.29, 1.82) is 0 Å². The van der Waals surface area contributed by atoms with Crippen molar-refractivity contribution in [1.82, 2.24) is 5.32 Å². The Labute approximate surface area is 120 Å². The molecule has 1 aliphatic carbocycles. The van der Waals surface area contributed by atoms with Gasteiger partial charge in [-0.25, -0.2) is 8.78 Å². The van der Waals surface area contributed by atoms with E-state index in [4.69, 9.17) is 17.3 Å². The summed E-state index contributed by atoms with van der Waals surface area (Å²) in [5, 5.41) is 2.17. The number of benzene rings is 1. The van der Waals surface area contributed by atoms with Gasteiger partial charge in [0.2, 0.25) is 0 Å². The van der Waals surface area contributed by atoms with Crippen LogP contribution >= 0.6 is 24.0 Å². The Morgan fingerprint density at radius 3 is 2.53 bits per heavy atom. The van der Waals surface area contributed by atoms with E-state index in [1.807, 2.05) is 0 Å². The van der Waals surface area contributed by atoms with Gasteiger partial charge in [-0.3, -0.25) is 4.79 Å². The summed E-state index contributed by atoms with van der Waals surface area (Å²) >= 11 is 5.41. The highest BCUT2D eigenvalue weighted by atomic mass is 35.5. The van der Waals surface area contributed by atoms with Crippen LogP contribution in [0.5, 0.6) is 0 Å². The van der Waals surface area contributed by atoms with Crippen molar-refractivity contribution in [3.63, 3.8) is 0 Å². The highest BCUT2D eigenvalue weighted by molar-refractivity contribution is 6.30. The van der Waals surface area contributed by atoms with Crippen LogP contribution in [0.1, 0.15) is 29.6 Å². The van der Waals surface area contributed by atoms with E-state index < -0.39 is 23.1 Å². The Morgan fingerprint density at radius 2 is 2.00 bits per heavy atom. The van der Waals surface area contributed by atoms with Gasteiger partial charge in [0.15, 0.2) is 0 Å². The van der Waals surface area contributed by atoms with Gasteiger partial charge in [-0.15, -0.1) is 12.4 Å². The average molecular weight is 311 g/mol. The first-order valence-corrected chi connectivity index (χ1v) is 6.01. The lowest BCUT2D eigenvalue weighted by atomic mass is 9.78. The fourth-order valence-electron chi connectivity index (χ4n) is 1.86. The minimum Gasteiger partial charge on any atom is -0.350 e. The van der Waals surface area contributed by atoms with Crippen LogP contribution in [0.25, 0.3) is 0 Å². The zero-order valence-electron chi connectivity index (χ0n) is 10.0. The summed E-state index contributed by atoms with van der Waals surface area (Å²) in [6.45, 7) is 0.259. The van der Waals surface area contributed by atoms with Crippen molar-refractivity contribution >= 4 is 29.9 Å². The molecule has 0 saturated heterocycles. The van der Waals surface area contributed by atoms with Gasteiger partial charge in [0.1, 0.15) is 11.6 Å². The number of hydrogen-bond donors (Lipinski definition) is 2. The Balaban J connectivity index is 0.00000180. The Morgan fingerprint density at radius 1 is 1.37 bits per heavy atom. The summed E-state index contributed by atoms with van der Waals surface area (Å²) in [5.41, 5.74) is 5.15. The van der Waals surface area contributed by atoms with Gasteiger partial charge >= 0.3 is 0 Å². The molecule has 2 rings (SSSR count). The molecule has 0 bridgehead atoms. The van der Waals surface area contributed by atoms with Crippen LogP contribution < -0.4 is 11.1 Å². The third-order valence-corrected chi connectivity index (χ3v) is 3.49. The summed E-state index contributed by atoms with van der Waals surface area (Å²) in [7, 11) is 0. The highest BCUT2D eigenvalue weighted by Crippen LogP contribution is 2.28. The molecule has 106 valence electrons. The van der Waals surface area contributed by atoms with E-state index in [1.54, 1.807) is 0 Å². The highest BCUT2D eigenvalue weighted by Gasteiger charge is 2.32. The molecule has 1 aromatic rings. The number of carbonyl (C=O) groups is 1. The van der Waals surface area contributed by atoms with Crippen molar-refractivity contribution in [2.24, 2.45) is 5.73 Å². The molecule has 1 fully saturated rings. The predicted molar refractivity (Wildman–Crippen MR) is 71.7 cm³/mol. The molecule has 0 radical (unpaired) electrons. The monoisotopic (exact) mass is 310 g/mol. The summed E-state index contributed by atoms with van der Waals surface area (Å²) in [4.78, 5) is 11.7. The second-order valence-corrected chi connectivity index (χ2v) is 5.05. The molecule has 1 aromatic carbocycles. The van der Waals surface area contributed by atoms with E-state index >= 15 is 0 Å². The van der Waals surface area contributed by atoms with Crippen LogP contribution in [-0.2, 0) is 0 Å². The largest absolute Gasteiger partial charge is 0.350 e. The molecule has 0 atom stereocenters. The topological polar surface area (TPSA) is 55.1 Å². The zero-order chi connectivity index (χ0) is 13.3. The van der Waals surface area contributed by atoms with Gasteiger partial charge < -0.3 is 11.1 Å². The van der Waals surface area contributed by atoms with Gasteiger partial charge in [0, 0.05) is 12.1 Å². The minimum absolute atomic E-state index is 0. The second-order valence-electron chi connectivity index (χ2n) is 4.64. The predicted octanol–water partition coefficient (Wildman–Crippen LogP) is 2.65. The second kappa shape index (κ2) is 6.03. The maximum atomic E-state index is 13.5. The van der Waals surface area contributed by atoms with Gasteiger partial charge in [-0.2, -0.15) is 0 Å². The molecule has 1 saturated carbocycles. The van der Waals surface area contributed by atoms with Crippen molar-refractivity contribution in [3.8, 4) is 0 Å². The van der Waals surface area contributed by atoms with E-state index in [0.717, 1.165) is 31.4 Å². The van der Waals surface area contributed by atoms with Gasteiger partial charge in [0.25, 0.3) is 5.91 Å². The fraction of sp³-hybridized carbons (Fsp3) is 0.417. The van der Waals surface area contributed by atoms with Crippen LogP contribution in [0.2, 0.25) is 5.02 Å². The molecule has 0 aromatic heterocycles. The minimum atomic E-state index is -0.849. The average Bonchev–Trinajstić information content (AvgIpc) is 2.28. The van der Waals surface area contributed by atoms with E-state index in [2.05, 4.69) is 5.32 Å². The first kappa shape index (κ1) is 16.1. The van der Waals surface area contributed by atoms with Crippen LogP contribution in [0.4, 0.5) is 8.78 Å². The smallest absolute Gasteiger partial charge is 0.254 e. The quantitative estimate of drug-likeness (QED) is 0.843. The molecule has 0 unspecified atom stereocenters. The molecule has 1 aliphatic rings. The number of hydrogen-bond acceptors (Lipinski definition) is 2. The van der Waals surface area contributed by atoms with E-state index in [9.17, 15) is 13.6 Å². The molecule has 3 nitrogen and oxygen atoms in total. The first-order chi connectivity index (χ1) is 8.41. The summed E-state index contributed by atoms with van der Waals surface area (Å²) < 4.78 is 26.6.